The number of rotatable bonds is 6. The fourth-order valence-corrected chi connectivity index (χ4v) is 2.84. The summed E-state index contributed by atoms with van der Waals surface area (Å²) in [6.07, 6.45) is 2.01. The van der Waals surface area contributed by atoms with Crippen molar-refractivity contribution in [2.24, 2.45) is 5.73 Å². The van der Waals surface area contributed by atoms with Crippen LogP contribution in [0.25, 0.3) is 4.96 Å². The predicted octanol–water partition coefficient (Wildman–Crippen LogP) is 1.60. The van der Waals surface area contributed by atoms with Gasteiger partial charge in [-0.1, -0.05) is 0 Å². The Labute approximate surface area is 129 Å². The van der Waals surface area contributed by atoms with E-state index in [4.69, 9.17) is 5.73 Å². The van der Waals surface area contributed by atoms with E-state index in [1.54, 1.807) is 11.3 Å². The van der Waals surface area contributed by atoms with Gasteiger partial charge in [0.2, 0.25) is 5.91 Å². The number of fused-ring (bicyclic) bond motifs is 1. The third-order valence-electron chi connectivity index (χ3n) is 3.15. The van der Waals surface area contributed by atoms with Crippen LogP contribution in [0.15, 0.2) is 11.6 Å². The summed E-state index contributed by atoms with van der Waals surface area (Å²) in [6, 6.07) is 0. The second-order valence-electron chi connectivity index (χ2n) is 6.02. The average molecular weight is 309 g/mol. The number of nitrogens with one attached hydrogen (secondary N) is 1. The molecule has 0 aromatic carbocycles. The van der Waals surface area contributed by atoms with Crippen LogP contribution in [0, 0.1) is 0 Å². The third-order valence-corrected chi connectivity index (χ3v) is 3.91. The number of carbonyl (C=O) groups excluding carboxylic acids is 1. The van der Waals surface area contributed by atoms with Crippen molar-refractivity contribution in [2.45, 2.75) is 39.8 Å². The predicted molar refractivity (Wildman–Crippen MR) is 86.7 cm³/mol. The summed E-state index contributed by atoms with van der Waals surface area (Å²) in [4.78, 5) is 18.8. The van der Waals surface area contributed by atoms with Gasteiger partial charge in [-0.25, -0.2) is 4.98 Å². The zero-order chi connectivity index (χ0) is 15.6. The molecule has 0 bridgehead atoms. The first kappa shape index (κ1) is 15.8. The van der Waals surface area contributed by atoms with Crippen LogP contribution in [0.4, 0.5) is 5.82 Å². The minimum absolute atomic E-state index is 0.0121. The van der Waals surface area contributed by atoms with Crippen LogP contribution in [0.1, 0.15) is 33.4 Å². The van der Waals surface area contributed by atoms with Crippen molar-refractivity contribution in [3.8, 4) is 0 Å². The summed E-state index contributed by atoms with van der Waals surface area (Å²) >= 11 is 1.58. The monoisotopic (exact) mass is 309 g/mol. The molecule has 0 spiro atoms. The number of anilines is 1. The Morgan fingerprint density at radius 2 is 2.24 bits per heavy atom. The van der Waals surface area contributed by atoms with Gasteiger partial charge in [0.1, 0.15) is 0 Å². The van der Waals surface area contributed by atoms with E-state index >= 15 is 0 Å². The summed E-state index contributed by atoms with van der Waals surface area (Å²) in [5.74, 6) is 0.489. The van der Waals surface area contributed by atoms with Crippen molar-refractivity contribution < 1.29 is 4.79 Å². The van der Waals surface area contributed by atoms with Crippen LogP contribution < -0.4 is 16.0 Å². The molecule has 0 saturated heterocycles. The van der Waals surface area contributed by atoms with E-state index in [0.29, 0.717) is 13.1 Å². The summed E-state index contributed by atoms with van der Waals surface area (Å²) in [6.45, 7) is 9.93. The Kier molecular flexibility index (Phi) is 4.53. The number of imidazole rings is 1. The van der Waals surface area contributed by atoms with Gasteiger partial charge in [0, 0.05) is 30.2 Å². The lowest BCUT2D eigenvalue weighted by Crippen LogP contribution is -2.37. The first-order valence-corrected chi connectivity index (χ1v) is 7.92. The number of carbonyl (C=O) groups is 1. The average Bonchev–Trinajstić information content (AvgIpc) is 2.92. The van der Waals surface area contributed by atoms with Gasteiger partial charge in [-0.2, -0.15) is 0 Å². The van der Waals surface area contributed by atoms with Crippen LogP contribution >= 0.6 is 11.3 Å². The van der Waals surface area contributed by atoms with Gasteiger partial charge < -0.3 is 16.0 Å². The SMILES string of the molecule is CCN(CC(N)=O)c1nc2sccn2c1CNC(C)(C)C. The van der Waals surface area contributed by atoms with Crippen LogP contribution in [0.2, 0.25) is 0 Å². The van der Waals surface area contributed by atoms with Crippen molar-refractivity contribution in [3.05, 3.63) is 17.3 Å². The molecule has 0 aliphatic carbocycles. The van der Waals surface area contributed by atoms with Gasteiger partial charge in [0.15, 0.2) is 10.8 Å². The van der Waals surface area contributed by atoms with E-state index in [9.17, 15) is 4.79 Å². The standard InChI is InChI=1S/C14H23N5OS/c1-5-18(9-11(15)20)12-10(8-16-14(2,3)4)19-6-7-21-13(19)17-12/h6-7,16H,5,8-9H2,1-4H3,(H2,15,20). The Morgan fingerprint density at radius 3 is 2.81 bits per heavy atom. The first-order valence-electron chi connectivity index (χ1n) is 7.04. The van der Waals surface area contributed by atoms with Crippen molar-refractivity contribution in [1.29, 1.82) is 0 Å². The Bertz CT molecular complexity index is 625. The summed E-state index contributed by atoms with van der Waals surface area (Å²) in [5.41, 5.74) is 6.41. The van der Waals surface area contributed by atoms with Crippen molar-refractivity contribution >= 4 is 28.0 Å². The highest BCUT2D eigenvalue weighted by molar-refractivity contribution is 7.15. The largest absolute Gasteiger partial charge is 0.368 e. The molecule has 7 heteroatoms. The molecule has 0 fully saturated rings. The Balaban J connectivity index is 2.37. The number of hydrogen-bond donors (Lipinski definition) is 2. The number of hydrogen-bond acceptors (Lipinski definition) is 5. The van der Waals surface area contributed by atoms with Gasteiger partial charge in [-0.15, -0.1) is 11.3 Å². The van der Waals surface area contributed by atoms with E-state index in [1.807, 2.05) is 23.4 Å². The van der Waals surface area contributed by atoms with E-state index in [1.165, 1.54) is 0 Å². The molecule has 0 radical (unpaired) electrons. The second kappa shape index (κ2) is 6.03. The lowest BCUT2D eigenvalue weighted by molar-refractivity contribution is -0.116. The summed E-state index contributed by atoms with van der Waals surface area (Å²) < 4.78 is 2.07. The lowest BCUT2D eigenvalue weighted by Gasteiger charge is -2.23. The highest BCUT2D eigenvalue weighted by atomic mass is 32.1. The molecule has 0 saturated carbocycles. The van der Waals surface area contributed by atoms with Crippen molar-refractivity contribution in [2.75, 3.05) is 18.0 Å². The molecule has 2 heterocycles. The normalized spacial score (nSPS) is 12.0. The Morgan fingerprint density at radius 1 is 1.52 bits per heavy atom. The van der Waals surface area contributed by atoms with E-state index in [0.717, 1.165) is 16.5 Å². The molecule has 0 aliphatic heterocycles. The topological polar surface area (TPSA) is 75.7 Å². The molecule has 6 nitrogen and oxygen atoms in total. The molecule has 0 unspecified atom stereocenters. The molecule has 2 rings (SSSR count). The molecule has 0 atom stereocenters. The van der Waals surface area contributed by atoms with Crippen LogP contribution in [-0.4, -0.2) is 33.9 Å². The second-order valence-corrected chi connectivity index (χ2v) is 6.89. The summed E-state index contributed by atoms with van der Waals surface area (Å²) in [5, 5.41) is 5.49. The van der Waals surface area contributed by atoms with Crippen molar-refractivity contribution in [1.82, 2.24) is 14.7 Å². The fraction of sp³-hybridized carbons (Fsp3) is 0.571. The number of aromatic nitrogens is 2. The third kappa shape index (κ3) is 3.74. The van der Waals surface area contributed by atoms with E-state index in [-0.39, 0.29) is 18.0 Å². The molecule has 21 heavy (non-hydrogen) atoms. The van der Waals surface area contributed by atoms with Gasteiger partial charge >= 0.3 is 0 Å². The zero-order valence-corrected chi connectivity index (χ0v) is 13.8. The minimum Gasteiger partial charge on any atom is -0.368 e. The molecule has 116 valence electrons. The molecule has 3 N–H and O–H groups in total. The quantitative estimate of drug-likeness (QED) is 0.850. The van der Waals surface area contributed by atoms with Crippen LogP contribution in [-0.2, 0) is 11.3 Å². The maximum Gasteiger partial charge on any atom is 0.236 e. The Hall–Kier alpha value is -1.60. The minimum atomic E-state index is -0.345. The highest BCUT2D eigenvalue weighted by Gasteiger charge is 2.20. The highest BCUT2D eigenvalue weighted by Crippen LogP contribution is 2.25. The smallest absolute Gasteiger partial charge is 0.236 e. The number of likely N-dealkylation sites (N-methyl/N-ethyl adjacent to an activating group) is 1. The lowest BCUT2D eigenvalue weighted by atomic mass is 10.1. The van der Waals surface area contributed by atoms with Gasteiger partial charge in [-0.05, 0) is 27.7 Å². The number of nitrogens with two attached hydrogens (primary N) is 1. The number of amides is 1. The molecule has 2 aromatic rings. The molecule has 0 aliphatic rings. The molecular weight excluding hydrogens is 286 g/mol. The maximum absolute atomic E-state index is 11.3. The van der Waals surface area contributed by atoms with Gasteiger partial charge in [0.25, 0.3) is 0 Å². The molecule has 1 amide bonds. The number of nitrogens with zero attached hydrogens (tertiary/aromatic N) is 3. The molecular formula is C14H23N5OS. The van der Waals surface area contributed by atoms with Gasteiger partial charge in [0.05, 0.1) is 12.2 Å². The van der Waals surface area contributed by atoms with Crippen molar-refractivity contribution in [3.63, 3.8) is 0 Å². The summed E-state index contributed by atoms with van der Waals surface area (Å²) in [7, 11) is 0. The van der Waals surface area contributed by atoms with Crippen LogP contribution in [0.5, 0.6) is 0 Å². The number of thiazole rings is 1. The van der Waals surface area contributed by atoms with Gasteiger partial charge in [-0.3, -0.25) is 9.20 Å². The maximum atomic E-state index is 11.3. The zero-order valence-electron chi connectivity index (χ0n) is 13.0. The first-order chi connectivity index (χ1) is 9.81. The fourth-order valence-electron chi connectivity index (χ4n) is 2.11. The molecule has 2 aromatic heterocycles. The van der Waals surface area contributed by atoms with E-state index < -0.39 is 0 Å². The van der Waals surface area contributed by atoms with E-state index in [2.05, 4.69) is 35.5 Å². The van der Waals surface area contributed by atoms with Crippen LogP contribution in [0.3, 0.4) is 0 Å². The number of primary amides is 1.